The molecule has 0 spiro atoms. The van der Waals surface area contributed by atoms with Gasteiger partial charge in [0.15, 0.2) is 0 Å². The second kappa shape index (κ2) is 27.5. The van der Waals surface area contributed by atoms with Gasteiger partial charge in [-0.25, -0.2) is 8.42 Å². The molecule has 1 atom stereocenters. The van der Waals surface area contributed by atoms with E-state index in [1.165, 1.54) is 122 Å². The average Bonchev–Trinajstić information content (AvgIpc) is 2.75. The minimum atomic E-state index is -4.57. The van der Waals surface area contributed by atoms with E-state index in [9.17, 15) is 13.0 Å². The first-order valence-electron chi connectivity index (χ1n) is 14.1. The van der Waals surface area contributed by atoms with Crippen molar-refractivity contribution in [1.29, 1.82) is 0 Å². The molecule has 0 aromatic carbocycles. The van der Waals surface area contributed by atoms with E-state index in [2.05, 4.69) is 18.0 Å². The van der Waals surface area contributed by atoms with Crippen LogP contribution in [0.5, 0.6) is 0 Å². The Hall–Kier alpha value is 0.870. The Kier molecular flexibility index (Phi) is 30.0. The van der Waals surface area contributed by atoms with Gasteiger partial charge in [0, 0.05) is 0 Å². The van der Waals surface area contributed by atoms with Gasteiger partial charge in [-0.1, -0.05) is 149 Å². The van der Waals surface area contributed by atoms with E-state index in [4.69, 9.17) is 0 Å². The Labute approximate surface area is 230 Å². The molecule has 0 rings (SSSR count). The van der Waals surface area contributed by atoms with Gasteiger partial charge in [-0.15, -0.1) is 0 Å². The van der Waals surface area contributed by atoms with Gasteiger partial charge in [-0.05, 0) is 18.8 Å². The van der Waals surface area contributed by atoms with Crippen LogP contribution in [0.3, 0.4) is 0 Å². The maximum absolute atomic E-state index is 10.8. The molecule has 1 unspecified atom stereocenters. The van der Waals surface area contributed by atoms with Gasteiger partial charge in [0.2, 0.25) is 10.4 Å². The van der Waals surface area contributed by atoms with Crippen LogP contribution < -0.4 is 29.6 Å². The van der Waals surface area contributed by atoms with Crippen LogP contribution in [0.2, 0.25) is 0 Å². The van der Waals surface area contributed by atoms with Gasteiger partial charge in [0.05, 0.1) is 6.61 Å². The molecule has 0 aromatic heterocycles. The van der Waals surface area contributed by atoms with Crippen LogP contribution in [0, 0.1) is 5.92 Å². The van der Waals surface area contributed by atoms with Crippen molar-refractivity contribution in [2.45, 2.75) is 162 Å². The van der Waals surface area contributed by atoms with Gasteiger partial charge in [-0.3, -0.25) is 4.18 Å². The van der Waals surface area contributed by atoms with E-state index in [0.717, 1.165) is 25.7 Å². The molecule has 0 heterocycles. The molecule has 0 fully saturated rings. The van der Waals surface area contributed by atoms with E-state index in [1.807, 2.05) is 0 Å². The number of unbranched alkanes of at least 4 members (excludes halogenated alkanes) is 19. The summed E-state index contributed by atoms with van der Waals surface area (Å²) in [7, 11) is -4.57. The first-order chi connectivity index (χ1) is 15.5. The summed E-state index contributed by atoms with van der Waals surface area (Å²) in [5.41, 5.74) is 0. The normalized spacial score (nSPS) is 12.6. The van der Waals surface area contributed by atoms with Gasteiger partial charge < -0.3 is 4.55 Å². The first kappa shape index (κ1) is 36.0. The van der Waals surface area contributed by atoms with Crippen LogP contribution in [0.1, 0.15) is 162 Å². The minimum Gasteiger partial charge on any atom is -0.726 e. The van der Waals surface area contributed by atoms with Crippen molar-refractivity contribution in [2.24, 2.45) is 5.92 Å². The topological polar surface area (TPSA) is 66.4 Å². The Bertz CT molecular complexity index is 471. The molecule has 0 bridgehead atoms. The molecule has 0 N–H and O–H groups in total. The van der Waals surface area contributed by atoms with Gasteiger partial charge in [0.25, 0.3) is 0 Å². The quantitative estimate of drug-likeness (QED) is 0.0626. The fourth-order valence-corrected chi connectivity index (χ4v) is 4.87. The fraction of sp³-hybridized carbons (Fsp3) is 1.00. The van der Waals surface area contributed by atoms with Crippen LogP contribution in [-0.2, 0) is 14.6 Å². The standard InChI is InChI=1S/C27H56O4S.Na/c1-3-5-7-9-11-13-14-15-16-17-19-21-23-25-27(26-31-32(28,29)30)24-22-20-18-12-10-8-6-4-2;/h27H,3-26H2,1-2H3,(H,28,29,30);/q;+1/p-1. The van der Waals surface area contributed by atoms with Crippen molar-refractivity contribution in [3.05, 3.63) is 0 Å². The molecule has 0 aliphatic heterocycles. The third-order valence-corrected chi connectivity index (χ3v) is 7.05. The predicted molar refractivity (Wildman–Crippen MR) is 137 cm³/mol. The third kappa shape index (κ3) is 30.8. The van der Waals surface area contributed by atoms with Crippen molar-refractivity contribution in [2.75, 3.05) is 6.61 Å². The molecule has 194 valence electrons. The monoisotopic (exact) mass is 498 g/mol. The first-order valence-corrected chi connectivity index (χ1v) is 15.4. The molecule has 0 saturated heterocycles. The van der Waals surface area contributed by atoms with E-state index < -0.39 is 10.4 Å². The van der Waals surface area contributed by atoms with Gasteiger partial charge in [-0.2, -0.15) is 0 Å². The molecule has 0 aliphatic carbocycles. The number of hydrogen-bond acceptors (Lipinski definition) is 4. The Morgan fingerprint density at radius 2 is 0.818 bits per heavy atom. The van der Waals surface area contributed by atoms with Crippen molar-refractivity contribution >= 4 is 10.4 Å². The Balaban J connectivity index is 0. The number of rotatable bonds is 26. The zero-order valence-electron chi connectivity index (χ0n) is 22.6. The molecule has 0 saturated carbocycles. The smallest absolute Gasteiger partial charge is 0.726 e. The van der Waals surface area contributed by atoms with E-state index in [1.54, 1.807) is 0 Å². The Morgan fingerprint density at radius 3 is 1.09 bits per heavy atom. The molecule has 0 amide bonds. The summed E-state index contributed by atoms with van der Waals surface area (Å²) in [6.07, 6.45) is 29.4. The minimum absolute atomic E-state index is 0. The molecular weight excluding hydrogens is 443 g/mol. The summed E-state index contributed by atoms with van der Waals surface area (Å²) in [5, 5.41) is 0. The summed E-state index contributed by atoms with van der Waals surface area (Å²) in [4.78, 5) is 0. The van der Waals surface area contributed by atoms with E-state index >= 15 is 0 Å². The fourth-order valence-electron chi connectivity index (χ4n) is 4.51. The number of hydrogen-bond donors (Lipinski definition) is 0. The summed E-state index contributed by atoms with van der Waals surface area (Å²) in [6, 6.07) is 0. The zero-order valence-corrected chi connectivity index (χ0v) is 25.4. The van der Waals surface area contributed by atoms with Crippen molar-refractivity contribution in [1.82, 2.24) is 0 Å². The molecule has 33 heavy (non-hydrogen) atoms. The molecular formula is C27H55NaO4S. The van der Waals surface area contributed by atoms with Crippen LogP contribution in [0.4, 0.5) is 0 Å². The SMILES string of the molecule is CCCCCCCCCCCCCCCC(CCCCCCCCCC)COS(=O)(=O)[O-].[Na+]. The largest absolute Gasteiger partial charge is 1.00 e. The molecule has 6 heteroatoms. The van der Waals surface area contributed by atoms with E-state index in [0.29, 0.717) is 0 Å². The maximum Gasteiger partial charge on any atom is 1.00 e. The average molecular weight is 499 g/mol. The molecule has 0 aromatic rings. The molecule has 0 radical (unpaired) electrons. The predicted octanol–water partition coefficient (Wildman–Crippen LogP) is 6.10. The van der Waals surface area contributed by atoms with Crippen molar-refractivity contribution < 1.29 is 46.7 Å². The van der Waals surface area contributed by atoms with Crippen LogP contribution in [0.15, 0.2) is 0 Å². The van der Waals surface area contributed by atoms with Gasteiger partial charge >= 0.3 is 29.6 Å². The maximum atomic E-state index is 10.8. The van der Waals surface area contributed by atoms with E-state index in [-0.39, 0.29) is 42.1 Å². The van der Waals surface area contributed by atoms with Crippen LogP contribution in [-0.4, -0.2) is 19.6 Å². The third-order valence-electron chi connectivity index (χ3n) is 6.63. The second-order valence-electron chi connectivity index (χ2n) is 9.85. The summed E-state index contributed by atoms with van der Waals surface area (Å²) in [5.74, 6) is 0.200. The molecule has 0 aliphatic rings. The summed E-state index contributed by atoms with van der Waals surface area (Å²) < 4.78 is 37.1. The zero-order chi connectivity index (χ0) is 23.8. The van der Waals surface area contributed by atoms with Crippen molar-refractivity contribution in [3.8, 4) is 0 Å². The Morgan fingerprint density at radius 1 is 0.545 bits per heavy atom. The van der Waals surface area contributed by atoms with Crippen LogP contribution >= 0.6 is 0 Å². The van der Waals surface area contributed by atoms with Crippen molar-refractivity contribution in [3.63, 3.8) is 0 Å². The molecule has 4 nitrogen and oxygen atoms in total. The second-order valence-corrected chi connectivity index (χ2v) is 10.9. The summed E-state index contributed by atoms with van der Waals surface area (Å²) >= 11 is 0. The van der Waals surface area contributed by atoms with Gasteiger partial charge in [0.1, 0.15) is 0 Å². The van der Waals surface area contributed by atoms with Crippen LogP contribution in [0.25, 0.3) is 0 Å². The summed E-state index contributed by atoms with van der Waals surface area (Å²) in [6.45, 7) is 4.57.